The number of sulfonamides is 1. The van der Waals surface area contributed by atoms with Crippen molar-refractivity contribution < 1.29 is 12.8 Å². The monoisotopic (exact) mass is 354 g/mol. The first-order chi connectivity index (χ1) is 12.0. The fraction of sp³-hybridized carbons (Fsp3) is 0.211. The number of nitrogens with zero attached hydrogens (tertiary/aromatic N) is 2. The average molecular weight is 354 g/mol. The maximum atomic E-state index is 13.1. The maximum Gasteiger partial charge on any atom is 0.264 e. The molecule has 1 unspecified atom stereocenters. The van der Waals surface area contributed by atoms with Gasteiger partial charge >= 0.3 is 0 Å². The van der Waals surface area contributed by atoms with E-state index in [0.717, 1.165) is 16.8 Å². The summed E-state index contributed by atoms with van der Waals surface area (Å²) in [5.41, 5.74) is 3.36. The third-order valence-corrected chi connectivity index (χ3v) is 6.33. The lowest BCUT2D eigenvalue weighted by atomic mass is 10.0. The van der Waals surface area contributed by atoms with Gasteiger partial charge in [-0.15, -0.1) is 0 Å². The van der Waals surface area contributed by atoms with E-state index in [9.17, 15) is 8.42 Å². The molecular formula is C19H18N2O3S. The number of fused-ring (bicyclic) bond motifs is 1. The second kappa shape index (κ2) is 5.74. The Balaban J connectivity index is 1.70. The van der Waals surface area contributed by atoms with Gasteiger partial charge in [0, 0.05) is 24.9 Å². The lowest BCUT2D eigenvalue weighted by Crippen LogP contribution is -2.29. The van der Waals surface area contributed by atoms with Crippen LogP contribution in [0, 0.1) is 6.92 Å². The molecule has 2 aromatic carbocycles. The molecule has 0 fully saturated rings. The topological polar surface area (TPSA) is 63.4 Å². The molecule has 0 bridgehead atoms. The lowest BCUT2D eigenvalue weighted by Gasteiger charge is -2.20. The van der Waals surface area contributed by atoms with Crippen LogP contribution < -0.4 is 4.31 Å². The van der Waals surface area contributed by atoms with Crippen molar-refractivity contribution in [3.63, 3.8) is 0 Å². The van der Waals surface area contributed by atoms with Crippen molar-refractivity contribution in [1.82, 2.24) is 4.98 Å². The third kappa shape index (κ3) is 2.62. The van der Waals surface area contributed by atoms with Gasteiger partial charge in [0.05, 0.1) is 10.6 Å². The molecule has 1 aliphatic heterocycles. The Labute approximate surface area is 147 Å². The molecule has 0 aliphatic carbocycles. The molecular weight excluding hydrogens is 336 g/mol. The highest BCUT2D eigenvalue weighted by atomic mass is 32.2. The van der Waals surface area contributed by atoms with Crippen molar-refractivity contribution in [3.05, 3.63) is 66.2 Å². The van der Waals surface area contributed by atoms with Gasteiger partial charge in [-0.05, 0) is 23.8 Å². The summed E-state index contributed by atoms with van der Waals surface area (Å²) >= 11 is 0. The van der Waals surface area contributed by atoms with Gasteiger partial charge in [0.15, 0.2) is 5.89 Å². The van der Waals surface area contributed by atoms with Crippen LogP contribution in [-0.2, 0) is 10.0 Å². The zero-order valence-corrected chi connectivity index (χ0v) is 14.8. The highest BCUT2D eigenvalue weighted by Gasteiger charge is 2.34. The molecule has 6 heteroatoms. The van der Waals surface area contributed by atoms with Crippen LogP contribution in [0.2, 0.25) is 0 Å². The lowest BCUT2D eigenvalue weighted by molar-refractivity contribution is 0.521. The van der Waals surface area contributed by atoms with Gasteiger partial charge in [0.1, 0.15) is 12.0 Å². The normalized spacial score (nSPS) is 16.9. The molecule has 1 aromatic heterocycles. The minimum atomic E-state index is -3.59. The Morgan fingerprint density at radius 1 is 1.12 bits per heavy atom. The molecule has 5 nitrogen and oxygen atoms in total. The first-order valence-corrected chi connectivity index (χ1v) is 9.55. The number of oxazole rings is 1. The molecule has 0 saturated carbocycles. The Hall–Kier alpha value is -2.60. The second-order valence-corrected chi connectivity index (χ2v) is 8.13. The molecule has 1 atom stereocenters. The van der Waals surface area contributed by atoms with Crippen molar-refractivity contribution in [1.29, 1.82) is 0 Å². The van der Waals surface area contributed by atoms with Gasteiger partial charge in [0.25, 0.3) is 10.0 Å². The van der Waals surface area contributed by atoms with Gasteiger partial charge < -0.3 is 4.42 Å². The Bertz CT molecular complexity index is 1020. The zero-order chi connectivity index (χ0) is 17.6. The number of benzene rings is 2. The van der Waals surface area contributed by atoms with Crippen molar-refractivity contribution in [2.45, 2.75) is 24.7 Å². The number of anilines is 1. The van der Waals surface area contributed by atoms with Crippen molar-refractivity contribution in [3.8, 4) is 11.3 Å². The first-order valence-electron chi connectivity index (χ1n) is 8.11. The van der Waals surface area contributed by atoms with E-state index in [-0.39, 0.29) is 10.8 Å². The van der Waals surface area contributed by atoms with E-state index < -0.39 is 10.0 Å². The molecule has 4 rings (SSSR count). The second-order valence-electron chi connectivity index (χ2n) is 6.27. The van der Waals surface area contributed by atoms with E-state index in [0.29, 0.717) is 18.1 Å². The molecule has 128 valence electrons. The summed E-state index contributed by atoms with van der Waals surface area (Å²) in [5.74, 6) is 0.762. The summed E-state index contributed by atoms with van der Waals surface area (Å²) in [6.45, 7) is 4.28. The van der Waals surface area contributed by atoms with Crippen LogP contribution in [0.3, 0.4) is 0 Å². The number of para-hydroxylation sites is 1. The Morgan fingerprint density at radius 3 is 2.52 bits per heavy atom. The number of aryl methyl sites for hydroxylation is 1. The van der Waals surface area contributed by atoms with Gasteiger partial charge in [-0.1, -0.05) is 37.3 Å². The molecule has 0 amide bonds. The van der Waals surface area contributed by atoms with Gasteiger partial charge in [-0.3, -0.25) is 4.31 Å². The number of hydrogen-bond donors (Lipinski definition) is 0. The molecule has 3 aromatic rings. The van der Waals surface area contributed by atoms with Crippen LogP contribution in [0.1, 0.15) is 24.3 Å². The standard InChI is InChI=1S/C19H18N2O3S/c1-13-11-21(19-6-4-3-5-17(13)19)25(22,23)16-9-7-15(8-10-16)18-12-24-14(2)20-18/h3-10,12-13H,11H2,1-2H3. The van der Waals surface area contributed by atoms with Crippen molar-refractivity contribution in [2.24, 2.45) is 0 Å². The quantitative estimate of drug-likeness (QED) is 0.714. The van der Waals surface area contributed by atoms with Crippen LogP contribution >= 0.6 is 0 Å². The van der Waals surface area contributed by atoms with E-state index in [2.05, 4.69) is 4.98 Å². The summed E-state index contributed by atoms with van der Waals surface area (Å²) in [7, 11) is -3.59. The number of rotatable bonds is 3. The largest absolute Gasteiger partial charge is 0.449 e. The van der Waals surface area contributed by atoms with E-state index in [1.807, 2.05) is 31.2 Å². The van der Waals surface area contributed by atoms with Gasteiger partial charge in [-0.25, -0.2) is 13.4 Å². The minimum absolute atomic E-state index is 0.184. The zero-order valence-electron chi connectivity index (χ0n) is 14.0. The van der Waals surface area contributed by atoms with Crippen LogP contribution in [0.5, 0.6) is 0 Å². The first kappa shape index (κ1) is 15.9. The van der Waals surface area contributed by atoms with E-state index >= 15 is 0 Å². The minimum Gasteiger partial charge on any atom is -0.449 e. The highest BCUT2D eigenvalue weighted by Crippen LogP contribution is 2.39. The third-order valence-electron chi connectivity index (χ3n) is 4.53. The molecule has 0 spiro atoms. The van der Waals surface area contributed by atoms with Crippen LogP contribution in [0.25, 0.3) is 11.3 Å². The van der Waals surface area contributed by atoms with Crippen molar-refractivity contribution >= 4 is 15.7 Å². The molecule has 0 saturated heterocycles. The van der Waals surface area contributed by atoms with E-state index in [4.69, 9.17) is 4.42 Å². The summed E-state index contributed by atoms with van der Waals surface area (Å²) in [6.07, 6.45) is 1.57. The summed E-state index contributed by atoms with van der Waals surface area (Å²) in [6, 6.07) is 14.4. The Kier molecular flexibility index (Phi) is 3.65. The van der Waals surface area contributed by atoms with Crippen LogP contribution in [0.4, 0.5) is 5.69 Å². The van der Waals surface area contributed by atoms with Crippen LogP contribution in [0.15, 0.2) is 64.1 Å². The highest BCUT2D eigenvalue weighted by molar-refractivity contribution is 7.92. The summed E-state index contributed by atoms with van der Waals surface area (Å²) < 4.78 is 32.9. The fourth-order valence-electron chi connectivity index (χ4n) is 3.23. The van der Waals surface area contributed by atoms with E-state index in [1.165, 1.54) is 4.31 Å². The van der Waals surface area contributed by atoms with Gasteiger partial charge in [0.2, 0.25) is 0 Å². The predicted octanol–water partition coefficient (Wildman–Crippen LogP) is 3.96. The SMILES string of the molecule is Cc1nc(-c2ccc(S(=O)(=O)N3CC(C)c4ccccc43)cc2)co1. The molecule has 2 heterocycles. The maximum absolute atomic E-state index is 13.1. The predicted molar refractivity (Wildman–Crippen MR) is 96.1 cm³/mol. The Morgan fingerprint density at radius 2 is 1.84 bits per heavy atom. The summed E-state index contributed by atoms with van der Waals surface area (Å²) in [4.78, 5) is 4.54. The van der Waals surface area contributed by atoms with Crippen molar-refractivity contribution in [2.75, 3.05) is 10.8 Å². The van der Waals surface area contributed by atoms with Crippen LogP contribution in [-0.4, -0.2) is 19.9 Å². The number of hydrogen-bond acceptors (Lipinski definition) is 4. The molecule has 0 N–H and O–H groups in total. The molecule has 25 heavy (non-hydrogen) atoms. The number of aromatic nitrogens is 1. The smallest absolute Gasteiger partial charge is 0.264 e. The molecule has 1 aliphatic rings. The molecule has 0 radical (unpaired) electrons. The average Bonchev–Trinajstić information content (AvgIpc) is 3.20. The fourth-order valence-corrected chi connectivity index (χ4v) is 4.80. The van der Waals surface area contributed by atoms with E-state index in [1.54, 1.807) is 37.5 Å². The van der Waals surface area contributed by atoms with Gasteiger partial charge in [-0.2, -0.15) is 0 Å². The summed E-state index contributed by atoms with van der Waals surface area (Å²) in [5, 5.41) is 0.